The molecule has 1 saturated carbocycles. The van der Waals surface area contributed by atoms with Gasteiger partial charge in [0.15, 0.2) is 0 Å². The lowest BCUT2D eigenvalue weighted by molar-refractivity contribution is -0.0925. The summed E-state index contributed by atoms with van der Waals surface area (Å²) in [5.41, 5.74) is 7.58. The first-order valence-corrected chi connectivity index (χ1v) is 7.43. The highest BCUT2D eigenvalue weighted by molar-refractivity contribution is 5.09. The molecule has 108 valence electrons. The molecular weight excluding hydrogens is 238 g/mol. The van der Waals surface area contributed by atoms with E-state index in [2.05, 4.69) is 18.9 Å². The zero-order valence-electron chi connectivity index (χ0n) is 12.4. The van der Waals surface area contributed by atoms with Gasteiger partial charge in [-0.3, -0.25) is 4.68 Å². The van der Waals surface area contributed by atoms with Crippen molar-refractivity contribution in [3.63, 3.8) is 0 Å². The first-order chi connectivity index (χ1) is 9.05. The lowest BCUT2D eigenvalue weighted by Gasteiger charge is -2.44. The van der Waals surface area contributed by atoms with Crippen LogP contribution in [0.15, 0.2) is 12.4 Å². The van der Waals surface area contributed by atoms with Crippen molar-refractivity contribution in [3.05, 3.63) is 18.0 Å². The summed E-state index contributed by atoms with van der Waals surface area (Å²) in [5.74, 6) is 0.709. The monoisotopic (exact) mass is 265 g/mol. The molecule has 2 rings (SSSR count). The van der Waals surface area contributed by atoms with Gasteiger partial charge in [-0.2, -0.15) is 5.10 Å². The maximum absolute atomic E-state index is 6.51. The third kappa shape index (κ3) is 3.37. The van der Waals surface area contributed by atoms with E-state index >= 15 is 0 Å². The Labute approximate surface area is 116 Å². The van der Waals surface area contributed by atoms with Gasteiger partial charge in [-0.05, 0) is 37.7 Å². The molecule has 4 heteroatoms. The van der Waals surface area contributed by atoms with E-state index in [-0.39, 0.29) is 11.6 Å². The Bertz CT molecular complexity index is 400. The van der Waals surface area contributed by atoms with E-state index < -0.39 is 0 Å². The van der Waals surface area contributed by atoms with Gasteiger partial charge < -0.3 is 10.5 Å². The molecule has 2 N–H and O–H groups in total. The van der Waals surface area contributed by atoms with Gasteiger partial charge in [0.1, 0.15) is 0 Å². The molecule has 19 heavy (non-hydrogen) atoms. The molecule has 4 nitrogen and oxygen atoms in total. The quantitative estimate of drug-likeness (QED) is 0.888. The summed E-state index contributed by atoms with van der Waals surface area (Å²) in [5, 5.41) is 4.22. The molecule has 0 radical (unpaired) electrons. The van der Waals surface area contributed by atoms with Gasteiger partial charge in [0, 0.05) is 25.9 Å². The zero-order valence-corrected chi connectivity index (χ0v) is 12.4. The number of nitrogens with two attached hydrogens (primary N) is 1. The molecule has 1 fully saturated rings. The molecule has 1 aliphatic rings. The number of hydrogen-bond acceptors (Lipinski definition) is 3. The van der Waals surface area contributed by atoms with Crippen molar-refractivity contribution in [1.29, 1.82) is 0 Å². The standard InChI is InChI=1S/C15H27N3O/c1-4-19-15(7-5-6-12(2)9-15)14(16)8-13-10-17-18(3)11-13/h10-12,14H,4-9,16H2,1-3H3. The fraction of sp³-hybridized carbons (Fsp3) is 0.800. The Morgan fingerprint density at radius 3 is 3.00 bits per heavy atom. The normalized spacial score (nSPS) is 29.4. The van der Waals surface area contributed by atoms with Gasteiger partial charge in [-0.1, -0.05) is 19.8 Å². The highest BCUT2D eigenvalue weighted by atomic mass is 16.5. The van der Waals surface area contributed by atoms with Gasteiger partial charge >= 0.3 is 0 Å². The second kappa shape index (κ2) is 6.06. The van der Waals surface area contributed by atoms with E-state index in [9.17, 15) is 0 Å². The molecule has 1 heterocycles. The predicted molar refractivity (Wildman–Crippen MR) is 76.9 cm³/mol. The highest BCUT2D eigenvalue weighted by Crippen LogP contribution is 2.37. The van der Waals surface area contributed by atoms with Gasteiger partial charge in [0.2, 0.25) is 0 Å². The van der Waals surface area contributed by atoms with Crippen LogP contribution in [0.4, 0.5) is 0 Å². The molecule has 1 aromatic heterocycles. The van der Waals surface area contributed by atoms with Crippen LogP contribution >= 0.6 is 0 Å². The van der Waals surface area contributed by atoms with Crippen LogP contribution in [0.25, 0.3) is 0 Å². The van der Waals surface area contributed by atoms with E-state index in [0.717, 1.165) is 25.9 Å². The number of aryl methyl sites for hydroxylation is 1. The van der Waals surface area contributed by atoms with E-state index in [1.807, 2.05) is 24.1 Å². The SMILES string of the molecule is CCOC1(C(N)Cc2cnn(C)c2)CCCC(C)C1. The minimum Gasteiger partial charge on any atom is -0.374 e. The number of hydrogen-bond donors (Lipinski definition) is 1. The predicted octanol–water partition coefficient (Wildman–Crippen LogP) is 2.28. The van der Waals surface area contributed by atoms with Crippen LogP contribution in [-0.2, 0) is 18.2 Å². The largest absolute Gasteiger partial charge is 0.374 e. The van der Waals surface area contributed by atoms with Gasteiger partial charge in [0.25, 0.3) is 0 Å². The van der Waals surface area contributed by atoms with Crippen molar-refractivity contribution >= 4 is 0 Å². The molecule has 0 aliphatic heterocycles. The third-order valence-electron chi connectivity index (χ3n) is 4.31. The summed E-state index contributed by atoms with van der Waals surface area (Å²) in [6.07, 6.45) is 9.50. The van der Waals surface area contributed by atoms with E-state index in [1.165, 1.54) is 18.4 Å². The molecule has 3 atom stereocenters. The first kappa shape index (κ1) is 14.5. The summed E-state index contributed by atoms with van der Waals surface area (Å²) < 4.78 is 7.96. The average Bonchev–Trinajstić information content (AvgIpc) is 2.75. The second-order valence-corrected chi connectivity index (χ2v) is 6.03. The zero-order chi connectivity index (χ0) is 13.9. The van der Waals surface area contributed by atoms with Crippen molar-refractivity contribution in [2.75, 3.05) is 6.61 Å². The summed E-state index contributed by atoms with van der Waals surface area (Å²) in [4.78, 5) is 0. The van der Waals surface area contributed by atoms with Crippen LogP contribution < -0.4 is 5.73 Å². The fourth-order valence-corrected chi connectivity index (χ4v) is 3.42. The Kier molecular flexibility index (Phi) is 4.63. The van der Waals surface area contributed by atoms with Crippen molar-refractivity contribution < 1.29 is 4.74 Å². The molecule has 0 saturated heterocycles. The Morgan fingerprint density at radius 1 is 1.63 bits per heavy atom. The molecule has 1 aromatic rings. The maximum atomic E-state index is 6.51. The molecular formula is C15H27N3O. The molecule has 0 bridgehead atoms. The Morgan fingerprint density at radius 2 is 2.42 bits per heavy atom. The topological polar surface area (TPSA) is 53.1 Å². The maximum Gasteiger partial charge on any atom is 0.0838 e. The van der Waals surface area contributed by atoms with E-state index in [4.69, 9.17) is 10.5 Å². The Balaban J connectivity index is 2.09. The number of nitrogens with zero attached hydrogens (tertiary/aromatic N) is 2. The molecule has 1 aliphatic carbocycles. The van der Waals surface area contributed by atoms with Crippen molar-refractivity contribution in [1.82, 2.24) is 9.78 Å². The minimum absolute atomic E-state index is 0.0550. The number of ether oxygens (including phenoxy) is 1. The summed E-state index contributed by atoms with van der Waals surface area (Å²) >= 11 is 0. The van der Waals surface area contributed by atoms with Gasteiger partial charge in [-0.25, -0.2) is 0 Å². The van der Waals surface area contributed by atoms with E-state index in [0.29, 0.717) is 5.92 Å². The van der Waals surface area contributed by atoms with Gasteiger partial charge in [-0.15, -0.1) is 0 Å². The minimum atomic E-state index is -0.137. The molecule has 3 unspecified atom stereocenters. The van der Waals surface area contributed by atoms with Crippen LogP contribution in [0, 0.1) is 5.92 Å². The second-order valence-electron chi connectivity index (χ2n) is 6.03. The summed E-state index contributed by atoms with van der Waals surface area (Å²) in [7, 11) is 1.94. The Hall–Kier alpha value is -0.870. The van der Waals surface area contributed by atoms with Crippen LogP contribution in [0.2, 0.25) is 0 Å². The number of aromatic nitrogens is 2. The first-order valence-electron chi connectivity index (χ1n) is 7.43. The average molecular weight is 265 g/mol. The molecule has 0 amide bonds. The summed E-state index contributed by atoms with van der Waals surface area (Å²) in [6, 6.07) is 0.0550. The van der Waals surface area contributed by atoms with Crippen molar-refractivity contribution in [2.45, 2.75) is 57.6 Å². The lowest BCUT2D eigenvalue weighted by Crippen LogP contribution is -2.53. The van der Waals surface area contributed by atoms with E-state index in [1.54, 1.807) is 0 Å². The van der Waals surface area contributed by atoms with Gasteiger partial charge in [0.05, 0.1) is 11.8 Å². The van der Waals surface area contributed by atoms with Crippen molar-refractivity contribution in [3.8, 4) is 0 Å². The van der Waals surface area contributed by atoms with Crippen LogP contribution in [0.1, 0.15) is 45.1 Å². The van der Waals surface area contributed by atoms with Crippen LogP contribution in [-0.4, -0.2) is 28.0 Å². The molecule has 0 spiro atoms. The van der Waals surface area contributed by atoms with Crippen LogP contribution in [0.3, 0.4) is 0 Å². The highest BCUT2D eigenvalue weighted by Gasteiger charge is 2.40. The smallest absolute Gasteiger partial charge is 0.0838 e. The third-order valence-corrected chi connectivity index (χ3v) is 4.31. The number of rotatable bonds is 5. The van der Waals surface area contributed by atoms with Crippen molar-refractivity contribution in [2.24, 2.45) is 18.7 Å². The van der Waals surface area contributed by atoms with Crippen LogP contribution in [0.5, 0.6) is 0 Å². The summed E-state index contributed by atoms with van der Waals surface area (Å²) in [6.45, 7) is 5.12. The fourth-order valence-electron chi connectivity index (χ4n) is 3.42. The molecule has 0 aromatic carbocycles. The lowest BCUT2D eigenvalue weighted by atomic mass is 9.73.